The summed E-state index contributed by atoms with van der Waals surface area (Å²) in [6.07, 6.45) is 4.12. The summed E-state index contributed by atoms with van der Waals surface area (Å²) in [5.74, 6) is -0.236. The molecule has 2 atom stereocenters. The lowest BCUT2D eigenvalue weighted by molar-refractivity contribution is 0.130. The molecule has 1 aromatic rings. The molecule has 1 saturated heterocycles. The molecule has 1 aliphatic rings. The van der Waals surface area contributed by atoms with E-state index >= 15 is 0 Å². The third-order valence-electron chi connectivity index (χ3n) is 4.20. The topological polar surface area (TPSA) is 52.6 Å². The maximum absolute atomic E-state index is 13.7. The van der Waals surface area contributed by atoms with Crippen LogP contribution in [-0.4, -0.2) is 41.3 Å². The largest absolute Gasteiger partial charge is 0.396 e. The average Bonchev–Trinajstić information content (AvgIpc) is 2.50. The Balaban J connectivity index is 1.91. The minimum Gasteiger partial charge on any atom is -0.396 e. The van der Waals surface area contributed by atoms with E-state index in [0.717, 1.165) is 25.8 Å². The molecule has 1 heterocycles. The molecule has 5 heteroatoms. The van der Waals surface area contributed by atoms with Gasteiger partial charge in [-0.15, -0.1) is 0 Å². The molecule has 1 fully saturated rings. The number of aliphatic hydroxyl groups excluding tert-OH is 1. The first kappa shape index (κ1) is 16.7. The van der Waals surface area contributed by atoms with Crippen molar-refractivity contribution in [2.75, 3.05) is 13.2 Å². The van der Waals surface area contributed by atoms with Crippen LogP contribution in [0.15, 0.2) is 24.3 Å². The molecular formula is C17H25FN2O2. The van der Waals surface area contributed by atoms with Gasteiger partial charge in [-0.05, 0) is 50.7 Å². The van der Waals surface area contributed by atoms with Gasteiger partial charge in [0.1, 0.15) is 5.82 Å². The van der Waals surface area contributed by atoms with Gasteiger partial charge in [0.2, 0.25) is 0 Å². The Morgan fingerprint density at radius 3 is 2.95 bits per heavy atom. The van der Waals surface area contributed by atoms with Crippen LogP contribution in [0, 0.1) is 5.82 Å². The van der Waals surface area contributed by atoms with E-state index in [0.29, 0.717) is 18.4 Å². The number of halogens is 1. The van der Waals surface area contributed by atoms with Gasteiger partial charge >= 0.3 is 6.03 Å². The molecule has 0 radical (unpaired) electrons. The van der Waals surface area contributed by atoms with Gasteiger partial charge in [0.25, 0.3) is 0 Å². The van der Waals surface area contributed by atoms with Gasteiger partial charge in [0.05, 0.1) is 0 Å². The maximum atomic E-state index is 13.7. The molecule has 4 nitrogen and oxygen atoms in total. The number of nitrogens with zero attached hydrogens (tertiary/aromatic N) is 1. The van der Waals surface area contributed by atoms with Crippen LogP contribution in [-0.2, 0) is 6.42 Å². The zero-order valence-electron chi connectivity index (χ0n) is 13.1. The quantitative estimate of drug-likeness (QED) is 0.879. The molecule has 2 N–H and O–H groups in total. The lowest BCUT2D eigenvalue weighted by atomic mass is 10.00. The summed E-state index contributed by atoms with van der Waals surface area (Å²) in [5, 5.41) is 12.1. The van der Waals surface area contributed by atoms with Crippen molar-refractivity contribution in [3.05, 3.63) is 35.6 Å². The number of hydrogen-bond donors (Lipinski definition) is 2. The van der Waals surface area contributed by atoms with E-state index in [-0.39, 0.29) is 30.5 Å². The van der Waals surface area contributed by atoms with E-state index in [4.69, 9.17) is 5.11 Å². The van der Waals surface area contributed by atoms with Crippen LogP contribution in [0.4, 0.5) is 9.18 Å². The number of rotatable bonds is 5. The fourth-order valence-electron chi connectivity index (χ4n) is 3.06. The molecular weight excluding hydrogens is 283 g/mol. The highest BCUT2D eigenvalue weighted by Crippen LogP contribution is 2.19. The van der Waals surface area contributed by atoms with Gasteiger partial charge in [0, 0.05) is 25.2 Å². The van der Waals surface area contributed by atoms with Crippen molar-refractivity contribution in [2.45, 2.75) is 51.1 Å². The van der Waals surface area contributed by atoms with Gasteiger partial charge < -0.3 is 15.3 Å². The number of likely N-dealkylation sites (tertiary alicyclic amines) is 1. The van der Waals surface area contributed by atoms with E-state index < -0.39 is 0 Å². The number of urea groups is 1. The SMILES string of the molecule is CC(Cc1ccccc1F)NC(=O)N1CCCCC1CCO. The van der Waals surface area contributed by atoms with Crippen LogP contribution in [0.5, 0.6) is 0 Å². The fraction of sp³-hybridized carbons (Fsp3) is 0.588. The van der Waals surface area contributed by atoms with Crippen LogP contribution >= 0.6 is 0 Å². The van der Waals surface area contributed by atoms with Crippen molar-refractivity contribution in [2.24, 2.45) is 0 Å². The molecule has 0 bridgehead atoms. The molecule has 122 valence electrons. The number of carbonyl (C=O) groups is 1. The van der Waals surface area contributed by atoms with Crippen molar-refractivity contribution in [3.8, 4) is 0 Å². The lowest BCUT2D eigenvalue weighted by Gasteiger charge is -2.36. The van der Waals surface area contributed by atoms with Gasteiger partial charge in [-0.1, -0.05) is 18.2 Å². The summed E-state index contributed by atoms with van der Waals surface area (Å²) < 4.78 is 13.7. The molecule has 0 saturated carbocycles. The van der Waals surface area contributed by atoms with Crippen molar-refractivity contribution in [1.29, 1.82) is 0 Å². The molecule has 22 heavy (non-hydrogen) atoms. The predicted octanol–water partition coefficient (Wildman–Crippen LogP) is 2.70. The van der Waals surface area contributed by atoms with E-state index in [9.17, 15) is 9.18 Å². The Bertz CT molecular complexity index is 493. The summed E-state index contributed by atoms with van der Waals surface area (Å²) in [5.41, 5.74) is 0.612. The van der Waals surface area contributed by atoms with E-state index in [1.165, 1.54) is 6.07 Å². The molecule has 1 aromatic carbocycles. The average molecular weight is 308 g/mol. The lowest BCUT2D eigenvalue weighted by Crippen LogP contribution is -2.51. The summed E-state index contributed by atoms with van der Waals surface area (Å²) in [6, 6.07) is 6.51. The summed E-state index contributed by atoms with van der Waals surface area (Å²) >= 11 is 0. The smallest absolute Gasteiger partial charge is 0.317 e. The van der Waals surface area contributed by atoms with Gasteiger partial charge in [-0.3, -0.25) is 0 Å². The Morgan fingerprint density at radius 1 is 1.45 bits per heavy atom. The number of benzene rings is 1. The van der Waals surface area contributed by atoms with Crippen molar-refractivity contribution in [3.63, 3.8) is 0 Å². The zero-order valence-corrected chi connectivity index (χ0v) is 13.1. The van der Waals surface area contributed by atoms with Crippen LogP contribution in [0.1, 0.15) is 38.2 Å². The van der Waals surface area contributed by atoms with Crippen LogP contribution in [0.2, 0.25) is 0 Å². The van der Waals surface area contributed by atoms with Gasteiger partial charge in [-0.2, -0.15) is 0 Å². The predicted molar refractivity (Wildman–Crippen MR) is 84.1 cm³/mol. The maximum Gasteiger partial charge on any atom is 0.317 e. The Kier molecular flexibility index (Phi) is 6.19. The second kappa shape index (κ2) is 8.13. The second-order valence-electron chi connectivity index (χ2n) is 6.00. The van der Waals surface area contributed by atoms with Gasteiger partial charge in [0.15, 0.2) is 0 Å². The fourth-order valence-corrected chi connectivity index (χ4v) is 3.06. The molecule has 0 aromatic heterocycles. The normalized spacial score (nSPS) is 19.8. The minimum absolute atomic E-state index is 0.0965. The molecule has 2 rings (SSSR count). The monoisotopic (exact) mass is 308 g/mol. The van der Waals surface area contributed by atoms with Gasteiger partial charge in [-0.25, -0.2) is 9.18 Å². The first-order chi connectivity index (χ1) is 10.6. The number of hydrogen-bond acceptors (Lipinski definition) is 2. The Morgan fingerprint density at radius 2 is 2.23 bits per heavy atom. The molecule has 1 aliphatic heterocycles. The Labute approximate surface area is 131 Å². The number of piperidine rings is 1. The van der Waals surface area contributed by atoms with Crippen LogP contribution in [0.25, 0.3) is 0 Å². The number of carbonyl (C=O) groups excluding carboxylic acids is 1. The molecule has 2 unspecified atom stereocenters. The van der Waals surface area contributed by atoms with Crippen LogP contribution < -0.4 is 5.32 Å². The summed E-state index contributed by atoms with van der Waals surface area (Å²) in [4.78, 5) is 14.2. The van der Waals surface area contributed by atoms with Crippen molar-refractivity contribution < 1.29 is 14.3 Å². The second-order valence-corrected chi connectivity index (χ2v) is 6.00. The third-order valence-corrected chi connectivity index (χ3v) is 4.20. The number of nitrogens with one attached hydrogen (secondary N) is 1. The summed E-state index contributed by atoms with van der Waals surface area (Å²) in [6.45, 7) is 2.71. The molecule has 2 amide bonds. The molecule has 0 spiro atoms. The highest BCUT2D eigenvalue weighted by molar-refractivity contribution is 5.75. The summed E-state index contributed by atoms with van der Waals surface area (Å²) in [7, 11) is 0. The number of amides is 2. The van der Waals surface area contributed by atoms with Crippen LogP contribution in [0.3, 0.4) is 0 Å². The Hall–Kier alpha value is -1.62. The first-order valence-electron chi connectivity index (χ1n) is 8.03. The standard InChI is InChI=1S/C17H25FN2O2/c1-13(12-14-6-2-3-8-16(14)18)19-17(22)20-10-5-4-7-15(20)9-11-21/h2-3,6,8,13,15,21H,4-5,7,9-12H2,1H3,(H,19,22). The highest BCUT2D eigenvalue weighted by Gasteiger charge is 2.26. The van der Waals surface area contributed by atoms with Crippen molar-refractivity contribution in [1.82, 2.24) is 10.2 Å². The minimum atomic E-state index is -0.236. The zero-order chi connectivity index (χ0) is 15.9. The highest BCUT2D eigenvalue weighted by atomic mass is 19.1. The van der Waals surface area contributed by atoms with Crippen molar-refractivity contribution >= 4 is 6.03 Å². The first-order valence-corrected chi connectivity index (χ1v) is 8.03. The van der Waals surface area contributed by atoms with E-state index in [1.807, 2.05) is 11.8 Å². The van der Waals surface area contributed by atoms with E-state index in [2.05, 4.69) is 5.32 Å². The number of aliphatic hydroxyl groups is 1. The molecule has 0 aliphatic carbocycles. The van der Waals surface area contributed by atoms with E-state index in [1.54, 1.807) is 18.2 Å². The third kappa shape index (κ3) is 4.44.